The number of nitrogens with zero attached hydrogens (tertiary/aromatic N) is 7. The molecule has 3 heterocycles. The third-order valence-electron chi connectivity index (χ3n) is 20.4. The lowest BCUT2D eigenvalue weighted by atomic mass is 9.72. The number of fused-ring (bicyclic) bond motifs is 2. The van der Waals surface area contributed by atoms with Gasteiger partial charge in [-0.3, -0.25) is 24.5 Å². The van der Waals surface area contributed by atoms with Crippen LogP contribution in [0.15, 0.2) is 146 Å². The van der Waals surface area contributed by atoms with Gasteiger partial charge in [-0.05, 0) is 167 Å². The van der Waals surface area contributed by atoms with Crippen molar-refractivity contribution < 1.29 is 68.9 Å². The number of benzene rings is 6. The van der Waals surface area contributed by atoms with Gasteiger partial charge >= 0.3 is 18.4 Å². The van der Waals surface area contributed by atoms with Gasteiger partial charge in [0.2, 0.25) is 11.8 Å². The zero-order valence-electron chi connectivity index (χ0n) is 57.4. The van der Waals surface area contributed by atoms with Gasteiger partial charge < -0.3 is 48.5 Å². The first-order valence-electron chi connectivity index (χ1n) is 34.6. The molecule has 0 aromatic heterocycles. The van der Waals surface area contributed by atoms with Crippen LogP contribution in [0.3, 0.4) is 0 Å². The molecule has 1 aliphatic carbocycles. The maximum absolute atomic E-state index is 14.3. The van der Waals surface area contributed by atoms with Crippen LogP contribution in [0.4, 0.5) is 41.2 Å². The summed E-state index contributed by atoms with van der Waals surface area (Å²) in [6, 6.07) is 39.7. The molecule has 0 unspecified atom stereocenters. The molecule has 3 aliphatic heterocycles. The lowest BCUT2D eigenvalue weighted by molar-refractivity contribution is -0.143. The summed E-state index contributed by atoms with van der Waals surface area (Å²) in [5.41, 5.74) is 1.50. The van der Waals surface area contributed by atoms with Crippen LogP contribution in [0.25, 0.3) is 11.1 Å². The molecule has 536 valence electrons. The highest BCUT2D eigenvalue weighted by molar-refractivity contribution is 5.95. The first kappa shape index (κ1) is 74.5. The zero-order chi connectivity index (χ0) is 71.2. The Bertz CT molecular complexity index is 3700. The molecule has 0 radical (unpaired) electrons. The summed E-state index contributed by atoms with van der Waals surface area (Å²) in [5, 5.41) is 2.94. The number of amides is 5. The van der Waals surface area contributed by atoms with Crippen molar-refractivity contribution in [1.82, 2.24) is 34.3 Å². The Hall–Kier alpha value is -8.22. The Kier molecular flexibility index (Phi) is 25.0. The van der Waals surface area contributed by atoms with Crippen LogP contribution >= 0.6 is 0 Å². The maximum Gasteiger partial charge on any atom is 0.416 e. The number of likely N-dealkylation sites (tertiary alicyclic amines) is 2. The fourth-order valence-corrected chi connectivity index (χ4v) is 14.3. The molecular formula is C77H91F7N8O8. The molecular weight excluding hydrogens is 1300 g/mol. The van der Waals surface area contributed by atoms with Crippen molar-refractivity contribution in [2.75, 3.05) is 125 Å². The second kappa shape index (κ2) is 33.5. The molecule has 5 amide bonds. The number of nitrogens with one attached hydrogen (secondary N) is 1. The number of hydrogen-bond donors (Lipinski definition) is 1. The molecule has 0 bridgehead atoms. The molecule has 100 heavy (non-hydrogen) atoms. The van der Waals surface area contributed by atoms with E-state index in [0.29, 0.717) is 100 Å². The average molecular weight is 1390 g/mol. The lowest BCUT2D eigenvalue weighted by Gasteiger charge is -2.44. The normalized spacial score (nSPS) is 18.1. The van der Waals surface area contributed by atoms with Gasteiger partial charge in [0.05, 0.1) is 29.5 Å². The number of hydrogen-bond acceptors (Lipinski definition) is 11. The molecule has 16 nitrogen and oxygen atoms in total. The number of para-hydroxylation sites is 1. The second-order valence-corrected chi connectivity index (χ2v) is 27.2. The Morgan fingerprint density at radius 1 is 0.630 bits per heavy atom. The van der Waals surface area contributed by atoms with Crippen LogP contribution in [-0.4, -0.2) is 196 Å². The van der Waals surface area contributed by atoms with Crippen LogP contribution in [0.1, 0.15) is 118 Å². The SMILES string of the molecule is CN(CCCCCC(=O)N(C)CCN1CCC(OC(=O)Nc2ccccc2-c2ccccc2)CC1)CCc1ccc(C(=O)N(C)CCCN(C)C(=O)CO[C@H]2Cc3ccccc3C23CCN(CC[C@@]2(c4ccc(F)cc4)CN(C(=O)c4cc(C(F)(F)F)cc(C(F)(F)F)c4)CO2)CC3)cc1. The molecule has 4 aliphatic rings. The number of carbonyl (C=O) groups excluding carboxylic acids is 5. The average Bonchev–Trinajstić information content (AvgIpc) is 1.58. The predicted octanol–water partition coefficient (Wildman–Crippen LogP) is 13.0. The first-order chi connectivity index (χ1) is 47.9. The van der Waals surface area contributed by atoms with Crippen molar-refractivity contribution in [2.45, 2.75) is 113 Å². The first-order valence-corrected chi connectivity index (χ1v) is 34.6. The van der Waals surface area contributed by atoms with E-state index in [1.54, 1.807) is 23.9 Å². The fourth-order valence-electron chi connectivity index (χ4n) is 14.3. The monoisotopic (exact) mass is 1390 g/mol. The van der Waals surface area contributed by atoms with Crippen molar-refractivity contribution in [1.29, 1.82) is 0 Å². The van der Waals surface area contributed by atoms with E-state index in [-0.39, 0.29) is 55.6 Å². The lowest BCUT2D eigenvalue weighted by Crippen LogP contribution is -2.50. The van der Waals surface area contributed by atoms with Gasteiger partial charge in [-0.25, -0.2) is 9.18 Å². The molecule has 10 rings (SSSR count). The molecule has 6 aromatic rings. The second-order valence-electron chi connectivity index (χ2n) is 27.2. The van der Waals surface area contributed by atoms with E-state index < -0.39 is 64.6 Å². The van der Waals surface area contributed by atoms with Crippen LogP contribution in [-0.2, 0) is 60.0 Å². The summed E-state index contributed by atoms with van der Waals surface area (Å²) in [7, 11) is 7.45. The van der Waals surface area contributed by atoms with Gasteiger partial charge in [0.15, 0.2) is 0 Å². The number of carbonyl (C=O) groups is 5. The van der Waals surface area contributed by atoms with E-state index in [0.717, 1.165) is 98.4 Å². The molecule has 3 fully saturated rings. The van der Waals surface area contributed by atoms with E-state index in [1.165, 1.54) is 29.8 Å². The van der Waals surface area contributed by atoms with Crippen LogP contribution in [0, 0.1) is 5.82 Å². The summed E-state index contributed by atoms with van der Waals surface area (Å²) in [6.45, 7) is 6.48. The number of rotatable bonds is 28. The quantitative estimate of drug-likeness (QED) is 0.0370. The van der Waals surface area contributed by atoms with Gasteiger partial charge in [-0.2, -0.15) is 26.3 Å². The highest BCUT2D eigenvalue weighted by atomic mass is 19.4. The van der Waals surface area contributed by atoms with E-state index >= 15 is 0 Å². The molecule has 1 spiro atoms. The van der Waals surface area contributed by atoms with E-state index in [9.17, 15) is 54.7 Å². The van der Waals surface area contributed by atoms with Crippen molar-refractivity contribution >= 4 is 35.4 Å². The van der Waals surface area contributed by atoms with Gasteiger partial charge in [0.25, 0.3) is 11.8 Å². The Labute approximate surface area is 581 Å². The van der Waals surface area contributed by atoms with Crippen LogP contribution in [0.5, 0.6) is 0 Å². The number of piperidine rings is 2. The topological polar surface area (TPSA) is 148 Å². The van der Waals surface area contributed by atoms with Crippen molar-refractivity contribution in [2.24, 2.45) is 0 Å². The molecule has 0 saturated carbocycles. The van der Waals surface area contributed by atoms with Crippen molar-refractivity contribution in [3.05, 3.63) is 196 Å². The third-order valence-corrected chi connectivity index (χ3v) is 20.4. The molecule has 6 aromatic carbocycles. The van der Waals surface area contributed by atoms with Crippen molar-refractivity contribution in [3.8, 4) is 11.1 Å². The summed E-state index contributed by atoms with van der Waals surface area (Å²) in [6.07, 6.45) is -2.86. The van der Waals surface area contributed by atoms with Crippen LogP contribution in [0.2, 0.25) is 0 Å². The standard InChI is InChI=1S/C77H91F7N8O8/c1-86(37-14-6-9-22-69(93)88(3)46-47-90-41-32-64(33-42-90)100-73(97)85-67-21-13-11-19-65(67)56-16-7-5-8-17-56)40-31-55-23-25-57(26-24-55)71(95)89(4)39-15-38-87(2)70(94)52-98-68-50-58-18-10-12-20-66(58)74(68)34-43-91(44-35-74)45-36-75(60-27-29-63(78)30-28-60)53-92(54-99-75)72(96)59-48-61(76(79,80)81)51-62(49-59)77(82,83)84/h5,7-8,10-13,16-21,23-30,48-49,51,64,68H,6,9,14-15,22,31-47,50,52-54H2,1-4H3,(H,85,97)/t68-,75-/m0/s1. The Morgan fingerprint density at radius 2 is 1.27 bits per heavy atom. The highest BCUT2D eigenvalue weighted by Crippen LogP contribution is 2.49. The maximum atomic E-state index is 14.3. The molecule has 1 N–H and O–H groups in total. The van der Waals surface area contributed by atoms with Gasteiger partial charge in [-0.1, -0.05) is 103 Å². The number of anilines is 1. The minimum Gasteiger partial charge on any atom is -0.446 e. The Balaban J connectivity index is 0.595. The van der Waals surface area contributed by atoms with Crippen molar-refractivity contribution in [3.63, 3.8) is 0 Å². The summed E-state index contributed by atoms with van der Waals surface area (Å²) >= 11 is 0. The predicted molar refractivity (Wildman–Crippen MR) is 368 cm³/mol. The summed E-state index contributed by atoms with van der Waals surface area (Å²) < 4.78 is 116. The smallest absolute Gasteiger partial charge is 0.416 e. The zero-order valence-corrected chi connectivity index (χ0v) is 57.4. The fraction of sp³-hybridized carbons (Fsp3) is 0.468. The van der Waals surface area contributed by atoms with E-state index in [4.69, 9.17) is 14.2 Å². The molecule has 23 heteroatoms. The number of alkyl halides is 6. The third kappa shape index (κ3) is 19.2. The van der Waals surface area contributed by atoms with Gasteiger partial charge in [-0.15, -0.1) is 0 Å². The molecule has 2 atom stereocenters. The molecule has 3 saturated heterocycles. The minimum atomic E-state index is -5.15. The van der Waals surface area contributed by atoms with E-state index in [2.05, 4.69) is 39.2 Å². The van der Waals surface area contributed by atoms with Gasteiger partial charge in [0, 0.05) is 102 Å². The number of ether oxygens (including phenoxy) is 3. The highest BCUT2D eigenvalue weighted by Gasteiger charge is 2.50. The largest absolute Gasteiger partial charge is 0.446 e. The summed E-state index contributed by atoms with van der Waals surface area (Å²) in [4.78, 5) is 79.9. The Morgan fingerprint density at radius 3 is 1.97 bits per heavy atom. The summed E-state index contributed by atoms with van der Waals surface area (Å²) in [5.74, 6) is -1.75. The number of halogens is 7. The van der Waals surface area contributed by atoms with Crippen LogP contribution < -0.4 is 5.32 Å². The van der Waals surface area contributed by atoms with E-state index in [1.807, 2.05) is 103 Å². The minimum absolute atomic E-state index is 0.0267. The van der Waals surface area contributed by atoms with Gasteiger partial charge in [0.1, 0.15) is 30.9 Å². The number of likely N-dealkylation sites (N-methyl/N-ethyl adjacent to an activating group) is 3. The number of unbranched alkanes of at least 4 members (excludes halogenated alkanes) is 2.